The average Bonchev–Trinajstić information content (AvgIpc) is 3.32. The molecule has 142 valence electrons. The lowest BCUT2D eigenvalue weighted by Gasteiger charge is -2.37. The van der Waals surface area contributed by atoms with Gasteiger partial charge in [0, 0.05) is 11.5 Å². The molecule has 1 atom stereocenters. The number of rotatable bonds is 4. The molecule has 1 aromatic carbocycles. The van der Waals surface area contributed by atoms with E-state index >= 15 is 0 Å². The van der Waals surface area contributed by atoms with Gasteiger partial charge in [-0.05, 0) is 68.9 Å². The molecule has 1 unspecified atom stereocenters. The van der Waals surface area contributed by atoms with Crippen LogP contribution in [0.15, 0.2) is 12.1 Å². The number of fused-ring (bicyclic) bond motifs is 2. The second-order valence-corrected chi connectivity index (χ2v) is 8.70. The number of aryl methyl sites for hydroxylation is 1. The molecule has 0 radical (unpaired) electrons. The second-order valence-electron chi connectivity index (χ2n) is 8.70. The molecule has 0 saturated heterocycles. The molecule has 0 heterocycles. The molecule has 2 bridgehead atoms. The zero-order valence-corrected chi connectivity index (χ0v) is 15.2. The van der Waals surface area contributed by atoms with Gasteiger partial charge in [0.15, 0.2) is 0 Å². The first-order valence-corrected chi connectivity index (χ1v) is 9.77. The van der Waals surface area contributed by atoms with Crippen LogP contribution in [0.1, 0.15) is 75.0 Å². The Kier molecular flexibility index (Phi) is 4.31. The van der Waals surface area contributed by atoms with Crippen molar-refractivity contribution in [3.63, 3.8) is 0 Å². The van der Waals surface area contributed by atoms with E-state index in [1.807, 2.05) is 0 Å². The number of benzene rings is 1. The summed E-state index contributed by atoms with van der Waals surface area (Å²) in [6.07, 6.45) is 5.88. The van der Waals surface area contributed by atoms with E-state index in [1.165, 1.54) is 12.1 Å². The van der Waals surface area contributed by atoms with Gasteiger partial charge in [0.2, 0.25) is 5.91 Å². The van der Waals surface area contributed by atoms with E-state index in [0.29, 0.717) is 31.2 Å². The van der Waals surface area contributed by atoms with E-state index in [4.69, 9.17) is 0 Å². The minimum Gasteiger partial charge on any atom is -0.348 e. The van der Waals surface area contributed by atoms with E-state index in [-0.39, 0.29) is 23.8 Å². The van der Waals surface area contributed by atoms with Gasteiger partial charge in [0.25, 0.3) is 0 Å². The molecule has 1 aromatic rings. The predicted octanol–water partition coefficient (Wildman–Crippen LogP) is 5.29. The van der Waals surface area contributed by atoms with Crippen LogP contribution in [-0.4, -0.2) is 11.6 Å². The van der Waals surface area contributed by atoms with E-state index in [2.05, 4.69) is 5.32 Å². The third-order valence-corrected chi connectivity index (χ3v) is 7.04. The summed E-state index contributed by atoms with van der Waals surface area (Å²) in [5.41, 5.74) is -1.56. The molecule has 2 nitrogen and oxygen atoms in total. The normalized spacial score (nSPS) is 32.2. The smallest absolute Gasteiger partial charge is 0.223 e. The number of nitrogens with one attached hydrogen (secondary N) is 1. The molecule has 5 heteroatoms. The molecule has 3 saturated carbocycles. The SMILES string of the molecule is Cc1ccc(F)c(C(NC(=O)C2CCCC2)C23CCC(F)(CC2)C3)c1F. The third-order valence-electron chi connectivity index (χ3n) is 7.04. The number of hydrogen-bond acceptors (Lipinski definition) is 1. The number of halogens is 3. The van der Waals surface area contributed by atoms with Crippen molar-refractivity contribution in [1.82, 2.24) is 5.32 Å². The molecular formula is C21H26F3NO. The number of carbonyl (C=O) groups excluding carboxylic acids is 1. The van der Waals surface area contributed by atoms with Gasteiger partial charge in [-0.2, -0.15) is 0 Å². The Bertz CT molecular complexity index is 718. The van der Waals surface area contributed by atoms with Crippen LogP contribution in [0.4, 0.5) is 13.2 Å². The summed E-state index contributed by atoms with van der Waals surface area (Å²) in [5, 5.41) is 2.98. The first kappa shape index (κ1) is 17.9. The minimum absolute atomic E-state index is 0.0810. The van der Waals surface area contributed by atoms with Crippen LogP contribution in [0.25, 0.3) is 0 Å². The molecule has 3 fully saturated rings. The van der Waals surface area contributed by atoms with Gasteiger partial charge in [0.1, 0.15) is 17.3 Å². The summed E-state index contributed by atoms with van der Waals surface area (Å²) in [7, 11) is 0. The molecule has 4 rings (SSSR count). The Labute approximate surface area is 152 Å². The predicted molar refractivity (Wildman–Crippen MR) is 93.3 cm³/mol. The minimum atomic E-state index is -1.24. The highest BCUT2D eigenvalue weighted by Gasteiger charge is 2.59. The first-order valence-electron chi connectivity index (χ1n) is 9.77. The van der Waals surface area contributed by atoms with Gasteiger partial charge in [-0.25, -0.2) is 13.2 Å². The van der Waals surface area contributed by atoms with Crippen LogP contribution in [-0.2, 0) is 4.79 Å². The summed E-state index contributed by atoms with van der Waals surface area (Å²) >= 11 is 0. The van der Waals surface area contributed by atoms with E-state index in [9.17, 15) is 18.0 Å². The Morgan fingerprint density at radius 1 is 1.15 bits per heavy atom. The fourth-order valence-corrected chi connectivity index (χ4v) is 5.49. The molecule has 1 amide bonds. The van der Waals surface area contributed by atoms with Gasteiger partial charge in [-0.1, -0.05) is 18.9 Å². The van der Waals surface area contributed by atoms with Crippen molar-refractivity contribution in [1.29, 1.82) is 0 Å². The summed E-state index contributed by atoms with van der Waals surface area (Å²) in [6.45, 7) is 1.59. The van der Waals surface area contributed by atoms with Gasteiger partial charge in [-0.15, -0.1) is 0 Å². The Morgan fingerprint density at radius 3 is 2.38 bits per heavy atom. The summed E-state index contributed by atoms with van der Waals surface area (Å²) in [5.74, 6) is -1.49. The number of carbonyl (C=O) groups is 1. The van der Waals surface area contributed by atoms with Gasteiger partial charge in [-0.3, -0.25) is 4.79 Å². The van der Waals surface area contributed by atoms with Crippen LogP contribution < -0.4 is 5.32 Å². The van der Waals surface area contributed by atoms with Crippen LogP contribution in [0, 0.1) is 29.9 Å². The Balaban J connectivity index is 1.73. The zero-order chi connectivity index (χ0) is 18.5. The van der Waals surface area contributed by atoms with Crippen molar-refractivity contribution in [3.05, 3.63) is 34.9 Å². The molecule has 0 aromatic heterocycles. The van der Waals surface area contributed by atoms with Gasteiger partial charge in [0.05, 0.1) is 6.04 Å². The standard InChI is InChI=1S/C21H26F3NO/c1-13-6-7-15(22)16(17(13)23)18(25-19(26)14-4-2-3-5-14)20-8-10-21(24,12-20)11-9-20/h6-7,14,18H,2-5,8-12H2,1H3,(H,25,26). The topological polar surface area (TPSA) is 29.1 Å². The maximum Gasteiger partial charge on any atom is 0.223 e. The fraction of sp³-hybridized carbons (Fsp3) is 0.667. The van der Waals surface area contributed by atoms with E-state index in [0.717, 1.165) is 25.7 Å². The van der Waals surface area contributed by atoms with E-state index in [1.54, 1.807) is 6.92 Å². The Morgan fingerprint density at radius 2 is 1.81 bits per heavy atom. The number of alkyl halides is 1. The van der Waals surface area contributed by atoms with Crippen molar-refractivity contribution >= 4 is 5.91 Å². The van der Waals surface area contributed by atoms with Crippen molar-refractivity contribution in [2.24, 2.45) is 11.3 Å². The number of amides is 1. The van der Waals surface area contributed by atoms with Crippen molar-refractivity contribution in [3.8, 4) is 0 Å². The van der Waals surface area contributed by atoms with Crippen LogP contribution >= 0.6 is 0 Å². The zero-order valence-electron chi connectivity index (χ0n) is 15.2. The quantitative estimate of drug-likeness (QED) is 0.771. The molecule has 3 aliphatic rings. The maximum atomic E-state index is 14.9. The Hall–Kier alpha value is -1.52. The monoisotopic (exact) mass is 365 g/mol. The molecule has 3 aliphatic carbocycles. The summed E-state index contributed by atoms with van der Waals surface area (Å²) in [6, 6.07) is 1.87. The first-order chi connectivity index (χ1) is 12.3. The molecule has 1 N–H and O–H groups in total. The molecule has 0 spiro atoms. The molecule has 0 aliphatic heterocycles. The average molecular weight is 365 g/mol. The van der Waals surface area contributed by atoms with Crippen molar-refractivity contribution in [2.75, 3.05) is 0 Å². The highest BCUT2D eigenvalue weighted by molar-refractivity contribution is 5.79. The third kappa shape index (κ3) is 2.84. The highest BCUT2D eigenvalue weighted by Crippen LogP contribution is 2.63. The van der Waals surface area contributed by atoms with Gasteiger partial charge < -0.3 is 5.32 Å². The van der Waals surface area contributed by atoms with Crippen molar-refractivity contribution in [2.45, 2.75) is 76.4 Å². The van der Waals surface area contributed by atoms with Crippen molar-refractivity contribution < 1.29 is 18.0 Å². The lowest BCUT2D eigenvalue weighted by Crippen LogP contribution is -2.42. The van der Waals surface area contributed by atoms with Crippen LogP contribution in [0.3, 0.4) is 0 Å². The molecular weight excluding hydrogens is 339 g/mol. The lowest BCUT2D eigenvalue weighted by molar-refractivity contribution is -0.126. The summed E-state index contributed by atoms with van der Waals surface area (Å²) in [4.78, 5) is 12.8. The van der Waals surface area contributed by atoms with E-state index < -0.39 is 28.8 Å². The fourth-order valence-electron chi connectivity index (χ4n) is 5.49. The largest absolute Gasteiger partial charge is 0.348 e. The number of hydrogen-bond donors (Lipinski definition) is 1. The molecule has 26 heavy (non-hydrogen) atoms. The summed E-state index contributed by atoms with van der Waals surface area (Å²) < 4.78 is 44.4. The van der Waals surface area contributed by atoms with Gasteiger partial charge >= 0.3 is 0 Å². The highest BCUT2D eigenvalue weighted by atomic mass is 19.1. The van der Waals surface area contributed by atoms with Crippen LogP contribution in [0.2, 0.25) is 0 Å². The lowest BCUT2D eigenvalue weighted by atomic mass is 9.73. The van der Waals surface area contributed by atoms with Crippen LogP contribution in [0.5, 0.6) is 0 Å². The maximum absolute atomic E-state index is 14.9. The second kappa shape index (κ2) is 6.28.